The lowest BCUT2D eigenvalue weighted by atomic mass is 10.3. The third-order valence-corrected chi connectivity index (χ3v) is 3.94. The van der Waals surface area contributed by atoms with Crippen molar-refractivity contribution in [1.82, 2.24) is 34.8 Å². The number of anilines is 1. The minimum Gasteiger partial charge on any atom is -0.349 e. The van der Waals surface area contributed by atoms with Crippen LogP contribution in [0.5, 0.6) is 0 Å². The van der Waals surface area contributed by atoms with E-state index >= 15 is 0 Å². The molecule has 1 fully saturated rings. The van der Waals surface area contributed by atoms with Crippen molar-refractivity contribution in [2.75, 3.05) is 31.6 Å². The summed E-state index contributed by atoms with van der Waals surface area (Å²) in [5, 5.41) is 15.2. The second kappa shape index (κ2) is 6.69. The molecule has 10 heteroatoms. The molecule has 3 heterocycles. The van der Waals surface area contributed by atoms with Gasteiger partial charge in [0.1, 0.15) is 12.9 Å². The molecule has 1 saturated heterocycles. The SMILES string of the molecule is CN=C(NCc1nncn1C)N1CCN(c2cnn(C)c2)C(=O)C1. The number of aryl methyl sites for hydroxylation is 2. The third kappa shape index (κ3) is 3.21. The van der Waals surface area contributed by atoms with E-state index in [9.17, 15) is 4.79 Å². The highest BCUT2D eigenvalue weighted by Gasteiger charge is 2.27. The molecule has 2 aromatic rings. The normalized spacial score (nSPS) is 16.0. The van der Waals surface area contributed by atoms with Crippen LogP contribution in [0.4, 0.5) is 5.69 Å². The number of carbonyl (C=O) groups excluding carboxylic acids is 1. The highest BCUT2D eigenvalue weighted by Crippen LogP contribution is 2.16. The van der Waals surface area contributed by atoms with Crippen molar-refractivity contribution in [2.24, 2.45) is 19.1 Å². The van der Waals surface area contributed by atoms with Crippen LogP contribution in [-0.4, -0.2) is 68.0 Å². The van der Waals surface area contributed by atoms with Gasteiger partial charge >= 0.3 is 0 Å². The Labute approximate surface area is 139 Å². The molecule has 1 aliphatic rings. The maximum absolute atomic E-state index is 12.5. The molecule has 128 valence electrons. The first-order valence-corrected chi connectivity index (χ1v) is 7.66. The van der Waals surface area contributed by atoms with E-state index in [0.29, 0.717) is 25.6 Å². The molecule has 0 unspecified atom stereocenters. The van der Waals surface area contributed by atoms with Crippen LogP contribution in [-0.2, 0) is 25.4 Å². The Hall–Kier alpha value is -2.91. The van der Waals surface area contributed by atoms with E-state index in [0.717, 1.165) is 11.5 Å². The van der Waals surface area contributed by atoms with Crippen molar-refractivity contribution in [2.45, 2.75) is 6.54 Å². The molecule has 0 bridgehead atoms. The van der Waals surface area contributed by atoms with Crippen LogP contribution in [0.1, 0.15) is 5.82 Å². The zero-order valence-electron chi connectivity index (χ0n) is 14.0. The van der Waals surface area contributed by atoms with E-state index in [1.54, 1.807) is 29.2 Å². The lowest BCUT2D eigenvalue weighted by Crippen LogP contribution is -2.55. The third-order valence-electron chi connectivity index (χ3n) is 3.94. The van der Waals surface area contributed by atoms with Crippen molar-refractivity contribution in [3.8, 4) is 0 Å². The van der Waals surface area contributed by atoms with E-state index in [-0.39, 0.29) is 12.5 Å². The van der Waals surface area contributed by atoms with E-state index in [4.69, 9.17) is 0 Å². The van der Waals surface area contributed by atoms with Crippen molar-refractivity contribution in [3.05, 3.63) is 24.5 Å². The summed E-state index contributed by atoms with van der Waals surface area (Å²) in [6.45, 7) is 2.06. The second-order valence-electron chi connectivity index (χ2n) is 5.60. The first kappa shape index (κ1) is 16.0. The summed E-state index contributed by atoms with van der Waals surface area (Å²) < 4.78 is 3.53. The van der Waals surface area contributed by atoms with Crippen LogP contribution >= 0.6 is 0 Å². The topological polar surface area (TPSA) is 96.5 Å². The van der Waals surface area contributed by atoms with Gasteiger partial charge in [0.25, 0.3) is 0 Å². The van der Waals surface area contributed by atoms with Gasteiger partial charge in [-0.15, -0.1) is 10.2 Å². The largest absolute Gasteiger partial charge is 0.349 e. The van der Waals surface area contributed by atoms with Gasteiger partial charge in [-0.05, 0) is 0 Å². The number of nitrogens with one attached hydrogen (secondary N) is 1. The molecular formula is C14H21N9O. The molecule has 0 saturated carbocycles. The van der Waals surface area contributed by atoms with Crippen molar-refractivity contribution in [3.63, 3.8) is 0 Å². The Morgan fingerprint density at radius 2 is 2.21 bits per heavy atom. The number of hydrogen-bond donors (Lipinski definition) is 1. The maximum Gasteiger partial charge on any atom is 0.246 e. The first-order chi connectivity index (χ1) is 11.6. The summed E-state index contributed by atoms with van der Waals surface area (Å²) in [7, 11) is 5.43. The molecule has 2 aromatic heterocycles. The molecule has 1 N–H and O–H groups in total. The average molecular weight is 331 g/mol. The van der Waals surface area contributed by atoms with Gasteiger partial charge in [-0.3, -0.25) is 14.5 Å². The molecule has 0 aromatic carbocycles. The summed E-state index contributed by atoms with van der Waals surface area (Å²) in [6, 6.07) is 0. The highest BCUT2D eigenvalue weighted by atomic mass is 16.2. The number of aliphatic imine (C=N–C) groups is 1. The monoisotopic (exact) mass is 331 g/mol. The van der Waals surface area contributed by atoms with Crippen LogP contribution in [0, 0.1) is 0 Å². The predicted molar refractivity (Wildman–Crippen MR) is 88.3 cm³/mol. The summed E-state index contributed by atoms with van der Waals surface area (Å²) in [5.41, 5.74) is 0.823. The molecule has 10 nitrogen and oxygen atoms in total. The van der Waals surface area contributed by atoms with Crippen LogP contribution in [0.3, 0.4) is 0 Å². The van der Waals surface area contributed by atoms with E-state index in [2.05, 4.69) is 25.6 Å². The minimum absolute atomic E-state index is 0.0239. The number of nitrogens with zero attached hydrogens (tertiary/aromatic N) is 8. The number of aromatic nitrogens is 5. The zero-order valence-corrected chi connectivity index (χ0v) is 14.0. The molecular weight excluding hydrogens is 310 g/mol. The summed E-state index contributed by atoms with van der Waals surface area (Å²) >= 11 is 0. The van der Waals surface area contributed by atoms with Gasteiger partial charge in [-0.25, -0.2) is 0 Å². The lowest BCUT2D eigenvalue weighted by molar-refractivity contribution is -0.120. The summed E-state index contributed by atoms with van der Waals surface area (Å²) in [5.74, 6) is 1.50. The molecule has 0 atom stereocenters. The predicted octanol–water partition coefficient (Wildman–Crippen LogP) is -1.03. The highest BCUT2D eigenvalue weighted by molar-refractivity contribution is 5.98. The van der Waals surface area contributed by atoms with Gasteiger partial charge in [-0.1, -0.05) is 0 Å². The summed E-state index contributed by atoms with van der Waals surface area (Å²) in [4.78, 5) is 20.4. The quantitative estimate of drug-likeness (QED) is 0.571. The number of rotatable bonds is 3. The number of piperazine rings is 1. The molecule has 0 radical (unpaired) electrons. The van der Waals surface area contributed by atoms with Gasteiger partial charge in [0, 0.05) is 40.4 Å². The van der Waals surface area contributed by atoms with Crippen LogP contribution < -0.4 is 10.2 Å². The minimum atomic E-state index is 0.0239. The molecule has 3 rings (SSSR count). The number of carbonyl (C=O) groups is 1. The van der Waals surface area contributed by atoms with Crippen molar-refractivity contribution < 1.29 is 4.79 Å². The Kier molecular flexibility index (Phi) is 4.45. The van der Waals surface area contributed by atoms with Gasteiger partial charge in [0.15, 0.2) is 11.8 Å². The Morgan fingerprint density at radius 1 is 1.38 bits per heavy atom. The first-order valence-electron chi connectivity index (χ1n) is 7.66. The van der Waals surface area contributed by atoms with Gasteiger partial charge in [-0.2, -0.15) is 5.10 Å². The van der Waals surface area contributed by atoms with E-state index in [1.807, 2.05) is 29.8 Å². The standard InChI is InChI=1S/C14H21N9O/c1-15-14(16-7-12-19-17-10-20(12)2)22-4-5-23(13(24)9-22)11-6-18-21(3)8-11/h6,8,10H,4-5,7,9H2,1-3H3,(H,15,16). The molecule has 0 spiro atoms. The fourth-order valence-corrected chi connectivity index (χ4v) is 2.63. The van der Waals surface area contributed by atoms with Crippen LogP contribution in [0.25, 0.3) is 0 Å². The van der Waals surface area contributed by atoms with Crippen molar-refractivity contribution >= 4 is 17.6 Å². The lowest BCUT2D eigenvalue weighted by Gasteiger charge is -2.35. The second-order valence-corrected chi connectivity index (χ2v) is 5.60. The fourth-order valence-electron chi connectivity index (χ4n) is 2.63. The van der Waals surface area contributed by atoms with Crippen LogP contribution in [0.2, 0.25) is 0 Å². The maximum atomic E-state index is 12.5. The Balaban J connectivity index is 1.61. The number of guanidine groups is 1. The molecule has 1 aliphatic heterocycles. The van der Waals surface area contributed by atoms with Crippen LogP contribution in [0.15, 0.2) is 23.7 Å². The molecule has 0 aliphatic carbocycles. The number of hydrogen-bond acceptors (Lipinski definition) is 5. The van der Waals surface area contributed by atoms with Crippen molar-refractivity contribution in [1.29, 1.82) is 0 Å². The zero-order chi connectivity index (χ0) is 17.1. The summed E-state index contributed by atoms with van der Waals surface area (Å²) in [6.07, 6.45) is 5.19. The average Bonchev–Trinajstić information content (AvgIpc) is 3.17. The van der Waals surface area contributed by atoms with Gasteiger partial charge in [0.2, 0.25) is 5.91 Å². The molecule has 1 amide bonds. The van der Waals surface area contributed by atoms with Gasteiger partial charge < -0.3 is 19.7 Å². The smallest absolute Gasteiger partial charge is 0.246 e. The Morgan fingerprint density at radius 3 is 2.79 bits per heavy atom. The van der Waals surface area contributed by atoms with Gasteiger partial charge in [0.05, 0.1) is 18.4 Å². The van der Waals surface area contributed by atoms with E-state index in [1.165, 1.54) is 0 Å². The number of amides is 1. The van der Waals surface area contributed by atoms with E-state index < -0.39 is 0 Å². The Bertz CT molecular complexity index is 747. The fraction of sp³-hybridized carbons (Fsp3) is 0.500. The molecule has 24 heavy (non-hydrogen) atoms.